The fraction of sp³-hybridized carbons (Fsp3) is 0.667. The lowest BCUT2D eigenvalue weighted by Crippen LogP contribution is -2.50. The molecule has 0 aliphatic carbocycles. The average Bonchev–Trinajstić information content (AvgIpc) is 2.95. The van der Waals surface area contributed by atoms with Gasteiger partial charge in [0.25, 0.3) is 0 Å². The normalized spacial score (nSPS) is 21.2. The van der Waals surface area contributed by atoms with Crippen LogP contribution in [0.3, 0.4) is 0 Å². The summed E-state index contributed by atoms with van der Waals surface area (Å²) in [6.45, 7) is 7.07. The summed E-state index contributed by atoms with van der Waals surface area (Å²) in [7, 11) is -1.43. The van der Waals surface area contributed by atoms with Crippen molar-refractivity contribution in [1.29, 1.82) is 0 Å². The predicted molar refractivity (Wildman–Crippen MR) is 129 cm³/mol. The van der Waals surface area contributed by atoms with Gasteiger partial charge in [-0.15, -0.1) is 0 Å². The molecule has 10 heteroatoms. The second-order valence-electron chi connectivity index (χ2n) is 10.8. The number of ether oxygens (including phenoxy) is 1. The van der Waals surface area contributed by atoms with Gasteiger partial charge in [-0.1, -0.05) is 0 Å². The Bertz CT molecular complexity index is 1100. The summed E-state index contributed by atoms with van der Waals surface area (Å²) in [5.74, 6) is -0.584. The number of likely N-dealkylation sites (N-methyl/N-ethyl adjacent to an activating group) is 1. The van der Waals surface area contributed by atoms with E-state index in [0.29, 0.717) is 68.8 Å². The number of amides is 2. The predicted octanol–water partition coefficient (Wildman–Crippen LogP) is 3.08. The highest BCUT2D eigenvalue weighted by Crippen LogP contribution is 2.50. The minimum atomic E-state index is -3.10. The van der Waals surface area contributed by atoms with Gasteiger partial charge in [-0.05, 0) is 58.6 Å². The molecular formula is C24H34FN3O5S. The van der Waals surface area contributed by atoms with Crippen molar-refractivity contribution in [2.45, 2.75) is 62.7 Å². The summed E-state index contributed by atoms with van der Waals surface area (Å²) in [5.41, 5.74) is 0.00954. The van der Waals surface area contributed by atoms with E-state index in [1.54, 1.807) is 32.7 Å². The highest BCUT2D eigenvalue weighted by molar-refractivity contribution is 7.91. The van der Waals surface area contributed by atoms with E-state index in [1.807, 2.05) is 11.0 Å². The number of anilines is 2. The Hall–Kier alpha value is -2.36. The monoisotopic (exact) mass is 495 g/mol. The Morgan fingerprint density at radius 3 is 2.24 bits per heavy atom. The molecule has 0 aromatic heterocycles. The van der Waals surface area contributed by atoms with Gasteiger partial charge in [0.05, 0.1) is 16.4 Å². The van der Waals surface area contributed by atoms with E-state index in [2.05, 4.69) is 0 Å². The molecule has 1 aromatic carbocycles. The third kappa shape index (κ3) is 4.36. The van der Waals surface area contributed by atoms with Crippen LogP contribution >= 0.6 is 0 Å². The molecule has 2 saturated heterocycles. The molecule has 3 aliphatic heterocycles. The number of sulfone groups is 1. The highest BCUT2D eigenvalue weighted by Gasteiger charge is 2.53. The largest absolute Gasteiger partial charge is 0.444 e. The van der Waals surface area contributed by atoms with Crippen molar-refractivity contribution in [2.75, 3.05) is 49.3 Å². The zero-order valence-electron chi connectivity index (χ0n) is 20.6. The lowest BCUT2D eigenvalue weighted by molar-refractivity contribution is -0.124. The second kappa shape index (κ2) is 8.39. The average molecular weight is 496 g/mol. The topological polar surface area (TPSA) is 87.2 Å². The van der Waals surface area contributed by atoms with Crippen molar-refractivity contribution in [1.82, 2.24) is 4.90 Å². The maximum absolute atomic E-state index is 15.6. The Balaban J connectivity index is 1.56. The summed E-state index contributed by atoms with van der Waals surface area (Å²) in [6.07, 6.45) is 2.50. The second-order valence-corrected chi connectivity index (χ2v) is 13.1. The molecule has 0 radical (unpaired) electrons. The zero-order valence-corrected chi connectivity index (χ0v) is 21.4. The molecule has 0 N–H and O–H groups in total. The van der Waals surface area contributed by atoms with Crippen LogP contribution in [0.15, 0.2) is 12.1 Å². The van der Waals surface area contributed by atoms with Crippen LogP contribution < -0.4 is 9.80 Å². The number of rotatable bonds is 2. The number of carbonyl (C=O) groups excluding carboxylic acids is 2. The number of benzene rings is 1. The van der Waals surface area contributed by atoms with Crippen LogP contribution in [0.2, 0.25) is 0 Å². The molecule has 2 fully saturated rings. The number of piperidine rings is 2. The van der Waals surface area contributed by atoms with E-state index >= 15 is 4.39 Å². The van der Waals surface area contributed by atoms with Crippen molar-refractivity contribution in [3.63, 3.8) is 0 Å². The van der Waals surface area contributed by atoms with Gasteiger partial charge in [0.1, 0.15) is 21.3 Å². The summed E-state index contributed by atoms with van der Waals surface area (Å²) in [5, 5.41) is -0.370. The first-order valence-electron chi connectivity index (χ1n) is 11.8. The minimum absolute atomic E-state index is 0.154. The number of nitrogens with zero attached hydrogens (tertiary/aromatic N) is 3. The molecule has 8 nitrogen and oxygen atoms in total. The van der Waals surface area contributed by atoms with Gasteiger partial charge in [-0.25, -0.2) is 17.6 Å². The highest BCUT2D eigenvalue weighted by atomic mass is 32.2. The molecule has 0 atom stereocenters. The number of carbonyl (C=O) groups is 2. The van der Waals surface area contributed by atoms with Crippen LogP contribution in [-0.4, -0.2) is 75.7 Å². The molecule has 0 bridgehead atoms. The molecule has 1 aromatic rings. The lowest BCUT2D eigenvalue weighted by Gasteiger charge is -2.39. The van der Waals surface area contributed by atoms with Crippen molar-refractivity contribution in [3.8, 4) is 0 Å². The quantitative estimate of drug-likeness (QED) is 0.627. The first-order valence-corrected chi connectivity index (χ1v) is 13.7. The first kappa shape index (κ1) is 24.8. The number of hydrogen-bond donors (Lipinski definition) is 0. The molecule has 188 valence electrons. The van der Waals surface area contributed by atoms with Crippen LogP contribution in [0, 0.1) is 5.82 Å². The Kier molecular flexibility index (Phi) is 6.11. The van der Waals surface area contributed by atoms with Crippen LogP contribution in [0.25, 0.3) is 0 Å². The van der Waals surface area contributed by atoms with E-state index in [-0.39, 0.29) is 11.2 Å². The fourth-order valence-corrected chi connectivity index (χ4v) is 6.51. The van der Waals surface area contributed by atoms with E-state index in [4.69, 9.17) is 4.74 Å². The fourth-order valence-electron chi connectivity index (χ4n) is 5.44. The van der Waals surface area contributed by atoms with Gasteiger partial charge in [0, 0.05) is 50.7 Å². The maximum Gasteiger partial charge on any atom is 0.410 e. The van der Waals surface area contributed by atoms with Crippen molar-refractivity contribution >= 4 is 33.2 Å². The molecule has 3 aliphatic rings. The minimum Gasteiger partial charge on any atom is -0.444 e. The summed E-state index contributed by atoms with van der Waals surface area (Å²) >= 11 is 0. The smallest absolute Gasteiger partial charge is 0.410 e. The standard InChI is InChI=1S/C24H34FN3O5S/c1-23(2,3)33-22(30)28-12-8-24(9-13-28)20-18(25)14-16(15-19(20)26(4)21(24)29)27-10-6-17(7-11-27)34(5,31)32/h14-15,17H,6-13H2,1-5H3. The van der Waals surface area contributed by atoms with E-state index in [1.165, 1.54) is 17.2 Å². The summed E-state index contributed by atoms with van der Waals surface area (Å²) in [4.78, 5) is 30.9. The Morgan fingerprint density at radius 1 is 1.12 bits per heavy atom. The molecule has 2 amide bonds. The number of hydrogen-bond acceptors (Lipinski definition) is 6. The van der Waals surface area contributed by atoms with E-state index < -0.39 is 32.8 Å². The SMILES string of the molecule is CN1C(=O)C2(CCN(C(=O)OC(C)(C)C)CC2)c2c(F)cc(N3CCC(S(C)(=O)=O)CC3)cc21. The van der Waals surface area contributed by atoms with Gasteiger partial charge in [-0.3, -0.25) is 4.79 Å². The maximum atomic E-state index is 15.6. The van der Waals surface area contributed by atoms with Crippen LogP contribution in [0.1, 0.15) is 52.0 Å². The summed E-state index contributed by atoms with van der Waals surface area (Å²) in [6, 6.07) is 3.31. The Morgan fingerprint density at radius 2 is 1.71 bits per heavy atom. The van der Waals surface area contributed by atoms with Gasteiger partial charge >= 0.3 is 6.09 Å². The third-order valence-corrected chi connectivity index (χ3v) is 8.97. The van der Waals surface area contributed by atoms with Crippen molar-refractivity contribution in [2.24, 2.45) is 0 Å². The van der Waals surface area contributed by atoms with Crippen LogP contribution in [0.4, 0.5) is 20.6 Å². The zero-order chi connectivity index (χ0) is 25.1. The summed E-state index contributed by atoms with van der Waals surface area (Å²) < 4.78 is 44.8. The number of fused-ring (bicyclic) bond motifs is 2. The molecule has 1 spiro atoms. The van der Waals surface area contributed by atoms with Crippen LogP contribution in [-0.2, 0) is 24.8 Å². The number of halogens is 1. The van der Waals surface area contributed by atoms with Crippen molar-refractivity contribution in [3.05, 3.63) is 23.5 Å². The molecule has 0 saturated carbocycles. The number of likely N-dealkylation sites (tertiary alicyclic amines) is 1. The lowest BCUT2D eigenvalue weighted by atomic mass is 9.73. The molecule has 3 heterocycles. The Labute approximate surface area is 200 Å². The van der Waals surface area contributed by atoms with Gasteiger partial charge in [0.15, 0.2) is 0 Å². The first-order chi connectivity index (χ1) is 15.7. The molecule has 34 heavy (non-hydrogen) atoms. The van der Waals surface area contributed by atoms with Gasteiger partial charge in [0.2, 0.25) is 5.91 Å². The van der Waals surface area contributed by atoms with Crippen LogP contribution in [0.5, 0.6) is 0 Å². The third-order valence-electron chi connectivity index (χ3n) is 7.29. The van der Waals surface area contributed by atoms with E-state index in [9.17, 15) is 18.0 Å². The van der Waals surface area contributed by atoms with Gasteiger partial charge in [-0.2, -0.15) is 0 Å². The van der Waals surface area contributed by atoms with Crippen molar-refractivity contribution < 1.29 is 27.1 Å². The van der Waals surface area contributed by atoms with E-state index in [0.717, 1.165) is 0 Å². The molecule has 0 unspecified atom stereocenters. The van der Waals surface area contributed by atoms with Gasteiger partial charge < -0.3 is 19.4 Å². The molecular weight excluding hydrogens is 461 g/mol. The molecule has 4 rings (SSSR count).